The summed E-state index contributed by atoms with van der Waals surface area (Å²) in [6.07, 6.45) is 0.187. The number of sulfonamides is 1. The van der Waals surface area contributed by atoms with E-state index >= 15 is 0 Å². The van der Waals surface area contributed by atoms with Gasteiger partial charge in [-0.05, 0) is 65.6 Å². The van der Waals surface area contributed by atoms with Gasteiger partial charge in [0.15, 0.2) is 11.5 Å². The van der Waals surface area contributed by atoms with Crippen LogP contribution < -0.4 is 19.1 Å². The van der Waals surface area contributed by atoms with Crippen LogP contribution in [0.15, 0.2) is 106 Å². The second-order valence-electron chi connectivity index (χ2n) is 11.5. The summed E-state index contributed by atoms with van der Waals surface area (Å²) in [7, 11) is -1.63. The number of nitrogens with one attached hydrogen (secondary N) is 1. The molecule has 0 bridgehead atoms. The van der Waals surface area contributed by atoms with E-state index in [0.29, 0.717) is 12.3 Å². The number of amides is 2. The van der Waals surface area contributed by atoms with Crippen LogP contribution in [-0.4, -0.2) is 58.5 Å². The zero-order chi connectivity index (χ0) is 34.8. The van der Waals surface area contributed by atoms with E-state index in [-0.39, 0.29) is 41.1 Å². The van der Waals surface area contributed by atoms with Crippen LogP contribution >= 0.6 is 15.9 Å². The molecule has 1 atom stereocenters. The summed E-state index contributed by atoms with van der Waals surface area (Å²) in [6, 6.07) is 24.5. The monoisotopic (exact) mass is 739 g/mol. The minimum absolute atomic E-state index is 0.0202. The van der Waals surface area contributed by atoms with E-state index in [1.807, 2.05) is 68.4 Å². The van der Waals surface area contributed by atoms with Crippen molar-refractivity contribution in [2.24, 2.45) is 5.92 Å². The summed E-state index contributed by atoms with van der Waals surface area (Å²) in [5, 5.41) is 2.96. The number of carbonyl (C=O) groups excluding carboxylic acids is 2. The van der Waals surface area contributed by atoms with Gasteiger partial charge in [0.05, 0.1) is 24.8 Å². The Morgan fingerprint density at radius 2 is 1.50 bits per heavy atom. The molecule has 12 heteroatoms. The van der Waals surface area contributed by atoms with Crippen molar-refractivity contribution in [1.82, 2.24) is 10.2 Å². The average molecular weight is 741 g/mol. The second-order valence-corrected chi connectivity index (χ2v) is 14.3. The minimum atomic E-state index is -4.44. The summed E-state index contributed by atoms with van der Waals surface area (Å²) >= 11 is 3.44. The molecule has 0 spiro atoms. The first-order chi connectivity index (χ1) is 22.9. The van der Waals surface area contributed by atoms with Gasteiger partial charge >= 0.3 is 0 Å². The normalized spacial score (nSPS) is 11.9. The zero-order valence-electron chi connectivity index (χ0n) is 27.2. The molecule has 0 saturated carbocycles. The molecule has 1 N–H and O–H groups in total. The van der Waals surface area contributed by atoms with Crippen LogP contribution in [0.5, 0.6) is 11.5 Å². The number of benzene rings is 4. The number of carbonyl (C=O) groups is 2. The Bertz CT molecular complexity index is 1790. The van der Waals surface area contributed by atoms with Gasteiger partial charge in [0.2, 0.25) is 11.8 Å². The van der Waals surface area contributed by atoms with Gasteiger partial charge in [0, 0.05) is 30.0 Å². The van der Waals surface area contributed by atoms with Gasteiger partial charge in [0.25, 0.3) is 10.0 Å². The fourth-order valence-electron chi connectivity index (χ4n) is 5.00. The van der Waals surface area contributed by atoms with Crippen molar-refractivity contribution in [1.29, 1.82) is 0 Å². The molecule has 9 nitrogen and oxygen atoms in total. The number of halogens is 2. The van der Waals surface area contributed by atoms with Crippen LogP contribution in [-0.2, 0) is 32.6 Å². The maximum absolute atomic E-state index is 14.6. The van der Waals surface area contributed by atoms with Crippen molar-refractivity contribution in [3.05, 3.63) is 118 Å². The molecule has 0 heterocycles. The lowest BCUT2D eigenvalue weighted by molar-refractivity contribution is -0.140. The van der Waals surface area contributed by atoms with Crippen LogP contribution in [0.1, 0.15) is 25.0 Å². The van der Waals surface area contributed by atoms with Crippen LogP contribution in [0.4, 0.5) is 10.1 Å². The molecular formula is C36H39BrFN3O6S. The molecule has 0 saturated heterocycles. The molecular weight excluding hydrogens is 701 g/mol. The van der Waals surface area contributed by atoms with Gasteiger partial charge < -0.3 is 19.7 Å². The number of methoxy groups -OCH3 is 2. The molecule has 0 aliphatic rings. The summed E-state index contributed by atoms with van der Waals surface area (Å²) in [5.74, 6) is -0.929. The van der Waals surface area contributed by atoms with Crippen molar-refractivity contribution < 1.29 is 31.9 Å². The molecule has 48 heavy (non-hydrogen) atoms. The fourth-order valence-corrected chi connectivity index (χ4v) is 6.70. The molecule has 254 valence electrons. The van der Waals surface area contributed by atoms with E-state index in [1.165, 1.54) is 49.5 Å². The summed E-state index contributed by atoms with van der Waals surface area (Å²) in [4.78, 5) is 29.7. The van der Waals surface area contributed by atoms with E-state index in [2.05, 4.69) is 21.2 Å². The highest BCUT2D eigenvalue weighted by Gasteiger charge is 2.35. The number of nitrogens with zero attached hydrogens (tertiary/aromatic N) is 2. The van der Waals surface area contributed by atoms with Gasteiger partial charge in [0.1, 0.15) is 18.4 Å². The van der Waals surface area contributed by atoms with E-state index in [1.54, 1.807) is 0 Å². The standard InChI is InChI=1S/C36H39BrFN3O6S/c1-25(2)22-39-36(43)32(20-26-8-6-5-7-9-26)40(23-27-10-12-28(37)13-11-27)35(42)24-41(30-16-14-29(38)15-17-30)48(44,45)31-18-19-33(46-3)34(21-31)47-4/h5-19,21,25,32H,20,22-24H2,1-4H3,(H,39,43)/t32-/m0/s1. The Morgan fingerprint density at radius 1 is 0.854 bits per heavy atom. The fraction of sp³-hybridized carbons (Fsp3) is 0.278. The Hall–Kier alpha value is -4.42. The molecule has 2 amide bonds. The molecule has 0 aliphatic carbocycles. The number of rotatable bonds is 15. The first-order valence-corrected chi connectivity index (χ1v) is 17.5. The van der Waals surface area contributed by atoms with Crippen molar-refractivity contribution in [2.45, 2.75) is 37.8 Å². The second kappa shape index (κ2) is 16.6. The number of hydrogen-bond donors (Lipinski definition) is 1. The van der Waals surface area contributed by atoms with Crippen molar-refractivity contribution in [3.63, 3.8) is 0 Å². The lowest BCUT2D eigenvalue weighted by atomic mass is 10.0. The first-order valence-electron chi connectivity index (χ1n) is 15.3. The quantitative estimate of drug-likeness (QED) is 0.156. The van der Waals surface area contributed by atoms with E-state index in [0.717, 1.165) is 32.0 Å². The molecule has 4 rings (SSSR count). The van der Waals surface area contributed by atoms with Gasteiger partial charge in [-0.1, -0.05) is 72.2 Å². The lowest BCUT2D eigenvalue weighted by Crippen LogP contribution is -2.53. The number of anilines is 1. The average Bonchev–Trinajstić information content (AvgIpc) is 3.08. The lowest BCUT2D eigenvalue weighted by Gasteiger charge is -2.34. The van der Waals surface area contributed by atoms with Crippen molar-refractivity contribution >= 4 is 43.5 Å². The molecule has 0 radical (unpaired) electrons. The van der Waals surface area contributed by atoms with Gasteiger partial charge in [-0.25, -0.2) is 12.8 Å². The molecule has 0 aromatic heterocycles. The summed E-state index contributed by atoms with van der Waals surface area (Å²) in [6.45, 7) is 3.67. The van der Waals surface area contributed by atoms with E-state index < -0.39 is 34.3 Å². The zero-order valence-corrected chi connectivity index (χ0v) is 29.6. The third-order valence-corrected chi connectivity index (χ3v) is 9.86. The third-order valence-electron chi connectivity index (χ3n) is 7.56. The van der Waals surface area contributed by atoms with Crippen LogP contribution in [0.2, 0.25) is 0 Å². The van der Waals surface area contributed by atoms with Gasteiger partial charge in [-0.3, -0.25) is 13.9 Å². The highest BCUT2D eigenvalue weighted by atomic mass is 79.9. The molecule has 0 unspecified atom stereocenters. The maximum Gasteiger partial charge on any atom is 0.264 e. The Kier molecular flexibility index (Phi) is 12.6. The van der Waals surface area contributed by atoms with Gasteiger partial charge in [-0.2, -0.15) is 0 Å². The van der Waals surface area contributed by atoms with Crippen molar-refractivity contribution in [3.8, 4) is 11.5 Å². The summed E-state index contributed by atoms with van der Waals surface area (Å²) in [5.41, 5.74) is 1.62. The van der Waals surface area contributed by atoms with Crippen molar-refractivity contribution in [2.75, 3.05) is 31.6 Å². The molecule has 4 aromatic rings. The molecule has 4 aromatic carbocycles. The topological polar surface area (TPSA) is 105 Å². The summed E-state index contributed by atoms with van der Waals surface area (Å²) < 4.78 is 55.0. The highest BCUT2D eigenvalue weighted by molar-refractivity contribution is 9.10. The molecule has 0 fully saturated rings. The number of ether oxygens (including phenoxy) is 2. The Morgan fingerprint density at radius 3 is 2.10 bits per heavy atom. The predicted octanol–water partition coefficient (Wildman–Crippen LogP) is 6.21. The minimum Gasteiger partial charge on any atom is -0.493 e. The predicted molar refractivity (Wildman–Crippen MR) is 187 cm³/mol. The highest BCUT2D eigenvalue weighted by Crippen LogP contribution is 2.32. The third kappa shape index (κ3) is 9.35. The smallest absolute Gasteiger partial charge is 0.264 e. The largest absolute Gasteiger partial charge is 0.493 e. The van der Waals surface area contributed by atoms with Crippen LogP contribution in [0, 0.1) is 11.7 Å². The maximum atomic E-state index is 14.6. The van der Waals surface area contributed by atoms with E-state index in [4.69, 9.17) is 9.47 Å². The number of hydrogen-bond acceptors (Lipinski definition) is 6. The Balaban J connectivity index is 1.81. The SMILES string of the molecule is COc1ccc(S(=O)(=O)N(CC(=O)N(Cc2ccc(Br)cc2)[C@@H](Cc2ccccc2)C(=O)NCC(C)C)c2ccc(F)cc2)cc1OC. The van der Waals surface area contributed by atoms with Gasteiger partial charge in [-0.15, -0.1) is 0 Å². The van der Waals surface area contributed by atoms with Crippen LogP contribution in [0.25, 0.3) is 0 Å². The molecule has 0 aliphatic heterocycles. The van der Waals surface area contributed by atoms with E-state index in [9.17, 15) is 22.4 Å². The van der Waals surface area contributed by atoms with Crippen LogP contribution in [0.3, 0.4) is 0 Å². The first kappa shape index (κ1) is 36.4. The Labute approximate surface area is 289 Å².